The molecular formula is C17H19N3O2. The molecule has 114 valence electrons. The van der Waals surface area contributed by atoms with Gasteiger partial charge in [-0.05, 0) is 42.0 Å². The minimum absolute atomic E-state index is 0.0415. The zero-order valence-corrected chi connectivity index (χ0v) is 12.4. The average molecular weight is 297 g/mol. The Morgan fingerprint density at radius 3 is 1.86 bits per heavy atom. The second-order valence-corrected chi connectivity index (χ2v) is 4.95. The molecule has 2 aromatic carbocycles. The minimum Gasteiger partial charge on any atom is -0.399 e. The maximum atomic E-state index is 12.0. The molecule has 5 nitrogen and oxygen atoms in total. The fourth-order valence-electron chi connectivity index (χ4n) is 1.91. The van der Waals surface area contributed by atoms with Crippen LogP contribution in [0.3, 0.4) is 0 Å². The van der Waals surface area contributed by atoms with Gasteiger partial charge in [-0.1, -0.05) is 19.1 Å². The molecule has 0 unspecified atom stereocenters. The van der Waals surface area contributed by atoms with E-state index in [1.807, 2.05) is 12.1 Å². The molecule has 0 bridgehead atoms. The molecule has 0 aromatic heterocycles. The van der Waals surface area contributed by atoms with Crippen molar-refractivity contribution in [1.29, 1.82) is 0 Å². The normalized spacial score (nSPS) is 10.0. The van der Waals surface area contributed by atoms with Crippen molar-refractivity contribution in [3.8, 4) is 0 Å². The Hall–Kier alpha value is -2.82. The summed E-state index contributed by atoms with van der Waals surface area (Å²) in [5.74, 6) is -0.143. The molecule has 2 aromatic rings. The molecule has 4 N–H and O–H groups in total. The predicted octanol–water partition coefficient (Wildman–Crippen LogP) is 2.80. The van der Waals surface area contributed by atoms with E-state index in [4.69, 9.17) is 5.73 Å². The summed E-state index contributed by atoms with van der Waals surface area (Å²) in [7, 11) is 0. The van der Waals surface area contributed by atoms with Gasteiger partial charge >= 0.3 is 0 Å². The number of benzene rings is 2. The van der Waals surface area contributed by atoms with Gasteiger partial charge in [-0.15, -0.1) is 0 Å². The number of nitrogens with two attached hydrogens (primary N) is 1. The summed E-state index contributed by atoms with van der Waals surface area (Å²) in [5.41, 5.74) is 8.59. The Balaban J connectivity index is 1.91. The van der Waals surface area contributed by atoms with Gasteiger partial charge in [0.15, 0.2) is 0 Å². The number of carbonyl (C=O) groups excluding carboxylic acids is 2. The number of carbonyl (C=O) groups is 2. The van der Waals surface area contributed by atoms with E-state index < -0.39 is 0 Å². The van der Waals surface area contributed by atoms with Crippen molar-refractivity contribution in [2.24, 2.45) is 0 Å². The molecule has 0 atom stereocenters. The van der Waals surface area contributed by atoms with Crippen molar-refractivity contribution in [1.82, 2.24) is 0 Å². The Morgan fingerprint density at radius 2 is 1.36 bits per heavy atom. The molecule has 22 heavy (non-hydrogen) atoms. The van der Waals surface area contributed by atoms with Crippen LogP contribution in [0.15, 0.2) is 48.5 Å². The Morgan fingerprint density at radius 1 is 0.864 bits per heavy atom. The zero-order valence-electron chi connectivity index (χ0n) is 12.4. The fraction of sp³-hybridized carbons (Fsp3) is 0.176. The first-order valence-electron chi connectivity index (χ1n) is 7.11. The highest BCUT2D eigenvalue weighted by Gasteiger charge is 2.05. The van der Waals surface area contributed by atoms with Crippen LogP contribution in [0.25, 0.3) is 0 Å². The largest absolute Gasteiger partial charge is 0.399 e. The van der Waals surface area contributed by atoms with E-state index in [0.29, 0.717) is 23.5 Å². The average Bonchev–Trinajstić information content (AvgIpc) is 2.51. The first-order chi connectivity index (χ1) is 10.6. The lowest BCUT2D eigenvalue weighted by molar-refractivity contribution is -0.116. The predicted molar refractivity (Wildman–Crippen MR) is 88.6 cm³/mol. The lowest BCUT2D eigenvalue weighted by Crippen LogP contribution is -2.14. The molecule has 0 aliphatic heterocycles. The summed E-state index contributed by atoms with van der Waals surface area (Å²) >= 11 is 0. The van der Waals surface area contributed by atoms with Gasteiger partial charge in [0.05, 0.1) is 6.42 Å². The molecule has 0 fully saturated rings. The van der Waals surface area contributed by atoms with Gasteiger partial charge in [0.2, 0.25) is 11.8 Å². The summed E-state index contributed by atoms with van der Waals surface area (Å²) < 4.78 is 0. The number of amides is 2. The highest BCUT2D eigenvalue weighted by Crippen LogP contribution is 2.14. The van der Waals surface area contributed by atoms with E-state index in [1.165, 1.54) is 0 Å². The van der Waals surface area contributed by atoms with Gasteiger partial charge < -0.3 is 16.4 Å². The van der Waals surface area contributed by atoms with E-state index >= 15 is 0 Å². The summed E-state index contributed by atoms with van der Waals surface area (Å²) in [6.45, 7) is 1.79. The lowest BCUT2D eigenvalue weighted by atomic mass is 10.1. The van der Waals surface area contributed by atoms with Crippen LogP contribution in [0.5, 0.6) is 0 Å². The molecule has 0 aliphatic carbocycles. The van der Waals surface area contributed by atoms with Gasteiger partial charge in [-0.25, -0.2) is 0 Å². The first kappa shape index (κ1) is 15.6. The quantitative estimate of drug-likeness (QED) is 0.742. The Kier molecular flexibility index (Phi) is 5.14. The van der Waals surface area contributed by atoms with Gasteiger partial charge in [0.25, 0.3) is 0 Å². The SMILES string of the molecule is CCC(=O)Nc1ccc(NC(=O)Cc2ccc(N)cc2)cc1. The van der Waals surface area contributed by atoms with Crippen LogP contribution in [0, 0.1) is 0 Å². The summed E-state index contributed by atoms with van der Waals surface area (Å²) in [4.78, 5) is 23.2. The molecule has 2 amide bonds. The Labute approximate surface area is 129 Å². The molecule has 0 heterocycles. The topological polar surface area (TPSA) is 84.2 Å². The van der Waals surface area contributed by atoms with E-state index in [2.05, 4.69) is 10.6 Å². The molecule has 2 rings (SSSR count). The third-order valence-electron chi connectivity index (χ3n) is 3.12. The van der Waals surface area contributed by atoms with Crippen LogP contribution in [-0.2, 0) is 16.0 Å². The fourth-order valence-corrected chi connectivity index (χ4v) is 1.91. The van der Waals surface area contributed by atoms with Crippen LogP contribution < -0.4 is 16.4 Å². The smallest absolute Gasteiger partial charge is 0.228 e. The van der Waals surface area contributed by atoms with Crippen LogP contribution in [0.1, 0.15) is 18.9 Å². The van der Waals surface area contributed by atoms with Gasteiger partial charge in [0.1, 0.15) is 0 Å². The van der Waals surface area contributed by atoms with Crippen molar-refractivity contribution in [3.63, 3.8) is 0 Å². The monoisotopic (exact) mass is 297 g/mol. The second-order valence-electron chi connectivity index (χ2n) is 4.95. The highest BCUT2D eigenvalue weighted by molar-refractivity contribution is 5.93. The van der Waals surface area contributed by atoms with Gasteiger partial charge in [-0.3, -0.25) is 9.59 Å². The maximum Gasteiger partial charge on any atom is 0.228 e. The van der Waals surface area contributed by atoms with Crippen molar-refractivity contribution in [2.45, 2.75) is 19.8 Å². The van der Waals surface area contributed by atoms with Crippen LogP contribution in [0.4, 0.5) is 17.1 Å². The van der Waals surface area contributed by atoms with Crippen molar-refractivity contribution in [2.75, 3.05) is 16.4 Å². The summed E-state index contributed by atoms with van der Waals surface area (Å²) in [5, 5.41) is 5.57. The molecule has 0 aliphatic rings. The van der Waals surface area contributed by atoms with Crippen molar-refractivity contribution in [3.05, 3.63) is 54.1 Å². The molecule has 5 heteroatoms. The van der Waals surface area contributed by atoms with Gasteiger partial charge in [-0.2, -0.15) is 0 Å². The number of anilines is 3. The number of nitrogen functional groups attached to an aromatic ring is 1. The zero-order chi connectivity index (χ0) is 15.9. The molecule has 0 saturated carbocycles. The highest BCUT2D eigenvalue weighted by atomic mass is 16.2. The number of nitrogens with one attached hydrogen (secondary N) is 2. The van der Waals surface area contributed by atoms with Gasteiger partial charge in [0, 0.05) is 23.5 Å². The molecule has 0 saturated heterocycles. The standard InChI is InChI=1S/C17H19N3O2/c1-2-16(21)19-14-7-9-15(10-8-14)20-17(22)11-12-3-5-13(18)6-4-12/h3-10H,2,11,18H2,1H3,(H,19,21)(H,20,22). The number of hydrogen-bond donors (Lipinski definition) is 3. The third-order valence-corrected chi connectivity index (χ3v) is 3.12. The minimum atomic E-state index is -0.102. The van der Waals surface area contributed by atoms with Crippen molar-refractivity contribution >= 4 is 28.9 Å². The summed E-state index contributed by atoms with van der Waals surface area (Å²) in [6.07, 6.45) is 0.717. The van der Waals surface area contributed by atoms with Crippen LogP contribution in [-0.4, -0.2) is 11.8 Å². The van der Waals surface area contributed by atoms with Crippen molar-refractivity contribution < 1.29 is 9.59 Å². The third kappa shape index (κ3) is 4.63. The van der Waals surface area contributed by atoms with E-state index in [1.54, 1.807) is 43.3 Å². The van der Waals surface area contributed by atoms with Crippen LogP contribution >= 0.6 is 0 Å². The first-order valence-corrected chi connectivity index (χ1v) is 7.11. The molecular weight excluding hydrogens is 278 g/mol. The molecule has 0 spiro atoms. The maximum absolute atomic E-state index is 12.0. The van der Waals surface area contributed by atoms with Crippen LogP contribution in [0.2, 0.25) is 0 Å². The van der Waals surface area contributed by atoms with E-state index in [9.17, 15) is 9.59 Å². The number of rotatable bonds is 5. The second kappa shape index (κ2) is 7.26. The molecule has 0 radical (unpaired) electrons. The Bertz CT molecular complexity index is 649. The van der Waals surface area contributed by atoms with E-state index in [-0.39, 0.29) is 18.2 Å². The summed E-state index contributed by atoms with van der Waals surface area (Å²) in [6, 6.07) is 14.2. The van der Waals surface area contributed by atoms with E-state index in [0.717, 1.165) is 5.56 Å². The number of hydrogen-bond acceptors (Lipinski definition) is 3. The lowest BCUT2D eigenvalue weighted by Gasteiger charge is -2.08.